The molecule has 0 heterocycles. The molecule has 1 aromatic carbocycles. The molecule has 0 aliphatic rings. The van der Waals surface area contributed by atoms with Gasteiger partial charge < -0.3 is 5.11 Å². The molecule has 0 saturated carbocycles. The molecule has 0 saturated heterocycles. The Morgan fingerprint density at radius 3 is 1.65 bits per heavy atom. The van der Waals surface area contributed by atoms with Crippen LogP contribution in [0.25, 0.3) is 0 Å². The third-order valence-corrected chi connectivity index (χ3v) is 3.12. The number of hydrogen-bond donors (Lipinski definition) is 1. The van der Waals surface area contributed by atoms with Crippen molar-refractivity contribution in [3.63, 3.8) is 0 Å². The monoisotopic (exact) mass is 354 g/mol. The smallest absolute Gasteiger partial charge is 0.388 e. The second-order valence-electron chi connectivity index (χ2n) is 4.98. The minimum atomic E-state index is -6.95. The van der Waals surface area contributed by atoms with Gasteiger partial charge in [-0.2, -0.15) is 39.5 Å². The zero-order valence-corrected chi connectivity index (χ0v) is 11.4. The van der Waals surface area contributed by atoms with Crippen molar-refractivity contribution in [1.29, 1.82) is 0 Å². The molecule has 1 unspecified atom stereocenters. The predicted octanol–water partition coefficient (Wildman–Crippen LogP) is 4.89. The van der Waals surface area contributed by atoms with Gasteiger partial charge in [-0.15, -0.1) is 0 Å². The van der Waals surface area contributed by atoms with Gasteiger partial charge in [-0.3, -0.25) is 0 Å². The number of halogens is 9. The van der Waals surface area contributed by atoms with Crippen LogP contribution in [0.4, 0.5) is 39.5 Å². The Bertz CT molecular complexity index is 533. The van der Waals surface area contributed by atoms with Crippen LogP contribution in [0.5, 0.6) is 0 Å². The molecular formula is C13H11F9O. The van der Waals surface area contributed by atoms with E-state index in [9.17, 15) is 44.6 Å². The van der Waals surface area contributed by atoms with E-state index in [1.165, 1.54) is 12.1 Å². The molecule has 1 atom stereocenters. The van der Waals surface area contributed by atoms with Crippen molar-refractivity contribution in [2.45, 2.75) is 43.4 Å². The van der Waals surface area contributed by atoms with Crippen LogP contribution < -0.4 is 0 Å². The zero-order valence-electron chi connectivity index (χ0n) is 11.4. The molecule has 0 radical (unpaired) electrons. The van der Waals surface area contributed by atoms with Gasteiger partial charge in [0.1, 0.15) is 0 Å². The molecule has 1 N–H and O–H groups in total. The van der Waals surface area contributed by atoms with E-state index in [-0.39, 0.29) is 5.56 Å². The second kappa shape index (κ2) is 5.88. The number of alkyl halides is 9. The summed E-state index contributed by atoms with van der Waals surface area (Å²) >= 11 is 0. The third-order valence-electron chi connectivity index (χ3n) is 3.12. The first-order chi connectivity index (χ1) is 10.1. The van der Waals surface area contributed by atoms with Gasteiger partial charge in [0.05, 0.1) is 6.10 Å². The molecule has 23 heavy (non-hydrogen) atoms. The lowest BCUT2D eigenvalue weighted by Gasteiger charge is -2.34. The van der Waals surface area contributed by atoms with E-state index in [1.807, 2.05) is 0 Å². The Kier molecular flexibility index (Phi) is 5.01. The van der Waals surface area contributed by atoms with Crippen LogP contribution in [-0.4, -0.2) is 29.1 Å². The first-order valence-electron chi connectivity index (χ1n) is 6.08. The fourth-order valence-corrected chi connectivity index (χ4v) is 1.69. The summed E-state index contributed by atoms with van der Waals surface area (Å²) in [6, 6.07) is 4.77. The average Bonchev–Trinajstić information content (AvgIpc) is 2.37. The molecule has 1 aromatic rings. The number of rotatable bonds is 5. The molecule has 0 aromatic heterocycles. The summed E-state index contributed by atoms with van der Waals surface area (Å²) < 4.78 is 114. The lowest BCUT2D eigenvalue weighted by molar-refractivity contribution is -0.398. The van der Waals surface area contributed by atoms with Crippen molar-refractivity contribution < 1.29 is 44.6 Å². The Balaban J connectivity index is 3.07. The Morgan fingerprint density at radius 2 is 1.26 bits per heavy atom. The Morgan fingerprint density at radius 1 is 0.826 bits per heavy atom. The standard InChI is InChI=1S/C13H11F9O/c1-7-2-4-8(5-3-7)9(23)6-10(14,15)11(16,17)12(18,19)13(20,21)22/h2-5,9,23H,6H2,1H3. The van der Waals surface area contributed by atoms with E-state index in [1.54, 1.807) is 6.92 Å². The molecule has 0 fully saturated rings. The molecule has 1 rings (SSSR count). The Labute approximate surface area is 124 Å². The lowest BCUT2D eigenvalue weighted by Crippen LogP contribution is -2.61. The average molecular weight is 354 g/mol. The van der Waals surface area contributed by atoms with Gasteiger partial charge in [0.15, 0.2) is 0 Å². The Hall–Kier alpha value is -1.45. The fourth-order valence-electron chi connectivity index (χ4n) is 1.69. The van der Waals surface area contributed by atoms with E-state index in [0.717, 1.165) is 12.1 Å². The van der Waals surface area contributed by atoms with Crippen LogP contribution in [0, 0.1) is 6.92 Å². The van der Waals surface area contributed by atoms with Crippen molar-refractivity contribution in [3.8, 4) is 0 Å². The third kappa shape index (κ3) is 3.56. The van der Waals surface area contributed by atoms with Gasteiger partial charge in [0.2, 0.25) is 0 Å². The number of benzene rings is 1. The van der Waals surface area contributed by atoms with Crippen molar-refractivity contribution in [1.82, 2.24) is 0 Å². The first-order valence-corrected chi connectivity index (χ1v) is 6.08. The summed E-state index contributed by atoms with van der Waals surface area (Å²) in [6.45, 7) is 1.59. The summed E-state index contributed by atoms with van der Waals surface area (Å²) in [7, 11) is 0. The van der Waals surface area contributed by atoms with Crippen LogP contribution in [0.1, 0.15) is 23.7 Å². The maximum Gasteiger partial charge on any atom is 0.460 e. The van der Waals surface area contributed by atoms with Gasteiger partial charge >= 0.3 is 23.9 Å². The topological polar surface area (TPSA) is 20.2 Å². The second-order valence-corrected chi connectivity index (χ2v) is 4.98. The lowest BCUT2D eigenvalue weighted by atomic mass is 9.95. The molecular weight excluding hydrogens is 343 g/mol. The maximum absolute atomic E-state index is 13.4. The molecule has 0 bridgehead atoms. The highest BCUT2D eigenvalue weighted by molar-refractivity contribution is 5.23. The zero-order chi connectivity index (χ0) is 18.3. The fraction of sp³-hybridized carbons (Fsp3) is 0.538. The minimum Gasteiger partial charge on any atom is -0.388 e. The van der Waals surface area contributed by atoms with E-state index < -0.39 is 36.5 Å². The van der Waals surface area contributed by atoms with Gasteiger partial charge in [-0.1, -0.05) is 29.8 Å². The van der Waals surface area contributed by atoms with Gasteiger partial charge in [-0.05, 0) is 12.5 Å². The molecule has 10 heteroatoms. The molecule has 0 amide bonds. The van der Waals surface area contributed by atoms with E-state index in [0.29, 0.717) is 5.56 Å². The highest BCUT2D eigenvalue weighted by Crippen LogP contribution is 2.55. The van der Waals surface area contributed by atoms with Gasteiger partial charge in [0.25, 0.3) is 0 Å². The molecule has 0 spiro atoms. The number of aliphatic hydroxyl groups excluding tert-OH is 1. The molecule has 132 valence electrons. The van der Waals surface area contributed by atoms with Crippen LogP contribution >= 0.6 is 0 Å². The number of aliphatic hydroxyl groups is 1. The number of aryl methyl sites for hydroxylation is 1. The minimum absolute atomic E-state index is 0.318. The highest BCUT2D eigenvalue weighted by atomic mass is 19.4. The molecule has 0 aliphatic carbocycles. The van der Waals surface area contributed by atoms with E-state index in [2.05, 4.69) is 0 Å². The summed E-state index contributed by atoms with van der Waals surface area (Å²) in [4.78, 5) is 0. The van der Waals surface area contributed by atoms with Crippen LogP contribution in [0.3, 0.4) is 0 Å². The van der Waals surface area contributed by atoms with E-state index in [4.69, 9.17) is 0 Å². The van der Waals surface area contributed by atoms with Crippen LogP contribution in [0.2, 0.25) is 0 Å². The number of hydrogen-bond acceptors (Lipinski definition) is 1. The summed E-state index contributed by atoms with van der Waals surface area (Å²) in [6.07, 6.45) is -11.5. The summed E-state index contributed by atoms with van der Waals surface area (Å²) in [5, 5.41) is 9.44. The summed E-state index contributed by atoms with van der Waals surface area (Å²) in [5.74, 6) is -19.5. The molecule has 0 aliphatic heterocycles. The van der Waals surface area contributed by atoms with Crippen molar-refractivity contribution >= 4 is 0 Å². The largest absolute Gasteiger partial charge is 0.460 e. The van der Waals surface area contributed by atoms with Gasteiger partial charge in [-0.25, -0.2) is 0 Å². The summed E-state index contributed by atoms with van der Waals surface area (Å²) in [5.41, 5.74) is 0.308. The van der Waals surface area contributed by atoms with Crippen LogP contribution in [-0.2, 0) is 0 Å². The quantitative estimate of drug-likeness (QED) is 0.747. The normalized spacial score (nSPS) is 15.6. The van der Waals surface area contributed by atoms with Crippen molar-refractivity contribution in [2.24, 2.45) is 0 Å². The highest BCUT2D eigenvalue weighted by Gasteiger charge is 2.81. The predicted molar refractivity (Wildman–Crippen MR) is 61.7 cm³/mol. The maximum atomic E-state index is 13.4. The van der Waals surface area contributed by atoms with E-state index >= 15 is 0 Å². The van der Waals surface area contributed by atoms with Crippen molar-refractivity contribution in [3.05, 3.63) is 35.4 Å². The van der Waals surface area contributed by atoms with Gasteiger partial charge in [0, 0.05) is 6.42 Å². The van der Waals surface area contributed by atoms with Crippen LogP contribution in [0.15, 0.2) is 24.3 Å². The SMILES string of the molecule is Cc1ccc(C(O)CC(F)(F)C(F)(F)C(F)(F)C(F)(F)F)cc1. The van der Waals surface area contributed by atoms with Crippen molar-refractivity contribution in [2.75, 3.05) is 0 Å². The first kappa shape index (κ1) is 19.6. The molecule has 1 nitrogen and oxygen atoms in total.